The largest absolute Gasteiger partial charge is 0.496 e. The summed E-state index contributed by atoms with van der Waals surface area (Å²) in [6.45, 7) is 0.562. The predicted octanol–water partition coefficient (Wildman–Crippen LogP) is 2.56. The maximum atomic E-state index is 11.3. The van der Waals surface area contributed by atoms with Gasteiger partial charge >= 0.3 is 0 Å². The zero-order chi connectivity index (χ0) is 14.5. The Kier molecular flexibility index (Phi) is 4.57. The van der Waals surface area contributed by atoms with E-state index >= 15 is 0 Å². The van der Waals surface area contributed by atoms with Crippen LogP contribution in [0.5, 0.6) is 5.75 Å². The number of methoxy groups -OCH3 is 1. The molecule has 0 atom stereocenters. The fourth-order valence-electron chi connectivity index (χ4n) is 1.76. The molecule has 1 aromatic heterocycles. The molecule has 2 aromatic rings. The maximum absolute atomic E-state index is 11.3. The van der Waals surface area contributed by atoms with E-state index in [0.717, 1.165) is 15.8 Å². The van der Waals surface area contributed by atoms with Gasteiger partial charge in [-0.05, 0) is 39.7 Å². The number of carbonyl (C=O) groups excluding carboxylic acids is 1. The summed E-state index contributed by atoms with van der Waals surface area (Å²) in [5, 5.41) is 3.17. The Balaban J connectivity index is 2.13. The first-order valence-electron chi connectivity index (χ1n) is 5.92. The van der Waals surface area contributed by atoms with Gasteiger partial charge in [-0.25, -0.2) is 0 Å². The Hall–Kier alpha value is -2.08. The maximum Gasteiger partial charge on any atom is 0.252 e. The van der Waals surface area contributed by atoms with Crippen LogP contribution in [0.4, 0.5) is 5.69 Å². The molecule has 6 heteroatoms. The number of aromatic nitrogens is 1. The summed E-state index contributed by atoms with van der Waals surface area (Å²) >= 11 is 3.43. The Morgan fingerprint density at radius 1 is 1.45 bits per heavy atom. The summed E-state index contributed by atoms with van der Waals surface area (Å²) in [5.74, 6) is 0.270. The van der Waals surface area contributed by atoms with Gasteiger partial charge in [0.25, 0.3) is 5.91 Å². The highest BCUT2D eigenvalue weighted by Gasteiger charge is 2.08. The molecule has 1 amide bonds. The topological polar surface area (TPSA) is 77.2 Å². The second kappa shape index (κ2) is 6.38. The molecule has 3 N–H and O–H groups in total. The second-order valence-corrected chi connectivity index (χ2v) is 4.96. The molecule has 0 radical (unpaired) electrons. The van der Waals surface area contributed by atoms with Crippen molar-refractivity contribution < 1.29 is 9.53 Å². The number of amides is 1. The molecule has 0 unspecified atom stereocenters. The van der Waals surface area contributed by atoms with Crippen LogP contribution < -0.4 is 15.8 Å². The van der Waals surface area contributed by atoms with E-state index < -0.39 is 5.91 Å². The molecule has 0 fully saturated rings. The van der Waals surface area contributed by atoms with Crippen molar-refractivity contribution in [3.63, 3.8) is 0 Å². The molecule has 0 saturated carbocycles. The van der Waals surface area contributed by atoms with E-state index in [1.807, 2.05) is 18.2 Å². The molecule has 0 bridgehead atoms. The number of nitrogens with zero attached hydrogens (tertiary/aromatic N) is 1. The lowest BCUT2D eigenvalue weighted by Gasteiger charge is -2.11. The zero-order valence-corrected chi connectivity index (χ0v) is 12.5. The molecular weight excluding hydrogens is 322 g/mol. The SMILES string of the molecule is COc1ccc(CNc2ccncc2C(N)=O)cc1Br. The minimum absolute atomic E-state index is 0.375. The second-order valence-electron chi connectivity index (χ2n) is 4.11. The van der Waals surface area contributed by atoms with E-state index in [1.54, 1.807) is 19.4 Å². The summed E-state index contributed by atoms with van der Waals surface area (Å²) in [6, 6.07) is 7.50. The van der Waals surface area contributed by atoms with Gasteiger partial charge < -0.3 is 15.8 Å². The van der Waals surface area contributed by atoms with Gasteiger partial charge in [0.1, 0.15) is 5.75 Å². The minimum Gasteiger partial charge on any atom is -0.496 e. The third-order valence-electron chi connectivity index (χ3n) is 2.79. The van der Waals surface area contributed by atoms with Crippen LogP contribution in [0, 0.1) is 0 Å². The lowest BCUT2D eigenvalue weighted by Crippen LogP contribution is -2.14. The van der Waals surface area contributed by atoms with Gasteiger partial charge in [-0.1, -0.05) is 6.07 Å². The number of hydrogen-bond donors (Lipinski definition) is 2. The summed E-state index contributed by atoms with van der Waals surface area (Å²) in [6.07, 6.45) is 3.06. The highest BCUT2D eigenvalue weighted by Crippen LogP contribution is 2.26. The van der Waals surface area contributed by atoms with Gasteiger partial charge in [-0.3, -0.25) is 9.78 Å². The zero-order valence-electron chi connectivity index (χ0n) is 10.9. The van der Waals surface area contributed by atoms with Gasteiger partial charge in [-0.2, -0.15) is 0 Å². The number of primary amides is 1. The van der Waals surface area contributed by atoms with E-state index in [1.165, 1.54) is 6.20 Å². The molecule has 0 saturated heterocycles. The van der Waals surface area contributed by atoms with E-state index in [0.29, 0.717) is 17.8 Å². The number of rotatable bonds is 5. The number of hydrogen-bond acceptors (Lipinski definition) is 4. The fraction of sp³-hybridized carbons (Fsp3) is 0.143. The average molecular weight is 336 g/mol. The third-order valence-corrected chi connectivity index (χ3v) is 3.41. The van der Waals surface area contributed by atoms with Crippen LogP contribution in [0.15, 0.2) is 41.1 Å². The van der Waals surface area contributed by atoms with Crippen molar-refractivity contribution >= 4 is 27.5 Å². The Morgan fingerprint density at radius 2 is 2.25 bits per heavy atom. The summed E-state index contributed by atoms with van der Waals surface area (Å²) in [4.78, 5) is 15.2. The lowest BCUT2D eigenvalue weighted by atomic mass is 10.2. The monoisotopic (exact) mass is 335 g/mol. The van der Waals surface area contributed by atoms with Crippen molar-refractivity contribution in [3.8, 4) is 5.75 Å². The van der Waals surface area contributed by atoms with E-state index in [9.17, 15) is 4.79 Å². The molecule has 104 valence electrons. The molecule has 0 aliphatic rings. The predicted molar refractivity (Wildman–Crippen MR) is 80.8 cm³/mol. The molecule has 20 heavy (non-hydrogen) atoms. The van der Waals surface area contributed by atoms with Crippen molar-refractivity contribution in [2.24, 2.45) is 5.73 Å². The Morgan fingerprint density at radius 3 is 2.90 bits per heavy atom. The van der Waals surface area contributed by atoms with Gasteiger partial charge in [0.05, 0.1) is 22.8 Å². The van der Waals surface area contributed by atoms with Crippen molar-refractivity contribution in [1.29, 1.82) is 0 Å². The first kappa shape index (κ1) is 14.3. The van der Waals surface area contributed by atoms with Gasteiger partial charge in [0.15, 0.2) is 0 Å². The molecule has 1 heterocycles. The minimum atomic E-state index is -0.503. The smallest absolute Gasteiger partial charge is 0.252 e. The van der Waals surface area contributed by atoms with Crippen LogP contribution in [0.1, 0.15) is 15.9 Å². The van der Waals surface area contributed by atoms with E-state index in [2.05, 4.69) is 26.2 Å². The summed E-state index contributed by atoms with van der Waals surface area (Å²) in [7, 11) is 1.62. The lowest BCUT2D eigenvalue weighted by molar-refractivity contribution is 0.100. The Bertz CT molecular complexity index is 632. The van der Waals surface area contributed by atoms with Crippen LogP contribution in [-0.2, 0) is 6.54 Å². The van der Waals surface area contributed by atoms with E-state index in [4.69, 9.17) is 10.5 Å². The standard InChI is InChI=1S/C14H14BrN3O2/c1-20-13-3-2-9(6-11(13)15)7-18-12-4-5-17-8-10(12)14(16)19/h2-6,8H,7H2,1H3,(H2,16,19)(H,17,18). The van der Waals surface area contributed by atoms with Crippen molar-refractivity contribution in [2.45, 2.75) is 6.54 Å². The fourth-order valence-corrected chi connectivity index (χ4v) is 2.35. The average Bonchev–Trinajstić information content (AvgIpc) is 2.45. The van der Waals surface area contributed by atoms with Crippen molar-refractivity contribution in [3.05, 3.63) is 52.3 Å². The van der Waals surface area contributed by atoms with Crippen molar-refractivity contribution in [2.75, 3.05) is 12.4 Å². The van der Waals surface area contributed by atoms with E-state index in [-0.39, 0.29) is 0 Å². The van der Waals surface area contributed by atoms with Crippen molar-refractivity contribution in [1.82, 2.24) is 4.98 Å². The third kappa shape index (κ3) is 3.27. The van der Waals surface area contributed by atoms with Crippen LogP contribution >= 0.6 is 15.9 Å². The van der Waals surface area contributed by atoms with Crippen LogP contribution in [0.3, 0.4) is 0 Å². The Labute approximate surface area is 125 Å². The molecule has 2 rings (SSSR count). The number of benzene rings is 1. The van der Waals surface area contributed by atoms with Crippen LogP contribution in [0.25, 0.3) is 0 Å². The number of halogens is 1. The molecule has 0 spiro atoms. The number of carbonyl (C=O) groups is 1. The highest BCUT2D eigenvalue weighted by molar-refractivity contribution is 9.10. The summed E-state index contributed by atoms with van der Waals surface area (Å²) in [5.41, 5.74) is 7.39. The summed E-state index contributed by atoms with van der Waals surface area (Å²) < 4.78 is 6.06. The first-order valence-corrected chi connectivity index (χ1v) is 6.71. The first-order chi connectivity index (χ1) is 9.61. The number of pyridine rings is 1. The number of anilines is 1. The quantitative estimate of drug-likeness (QED) is 0.880. The van der Waals surface area contributed by atoms with Gasteiger partial charge in [-0.15, -0.1) is 0 Å². The number of nitrogens with one attached hydrogen (secondary N) is 1. The van der Waals surface area contributed by atoms with Gasteiger partial charge in [0, 0.05) is 18.9 Å². The molecular formula is C14H14BrN3O2. The highest BCUT2D eigenvalue weighted by atomic mass is 79.9. The normalized spacial score (nSPS) is 10.1. The van der Waals surface area contributed by atoms with Crippen LogP contribution in [-0.4, -0.2) is 18.0 Å². The molecule has 0 aliphatic carbocycles. The molecule has 0 aliphatic heterocycles. The van der Waals surface area contributed by atoms with Crippen LogP contribution in [0.2, 0.25) is 0 Å². The number of nitrogens with two attached hydrogens (primary N) is 1. The van der Waals surface area contributed by atoms with Gasteiger partial charge in [0.2, 0.25) is 0 Å². The number of ether oxygens (including phenoxy) is 1. The molecule has 5 nitrogen and oxygen atoms in total. The molecule has 1 aromatic carbocycles.